The Hall–Kier alpha value is -2.29. The van der Waals surface area contributed by atoms with Gasteiger partial charge in [0, 0.05) is 17.3 Å². The van der Waals surface area contributed by atoms with Gasteiger partial charge in [-0.05, 0) is 42.3 Å². The molecule has 3 heteroatoms. The summed E-state index contributed by atoms with van der Waals surface area (Å²) in [4.78, 5) is 4.77. The lowest BCUT2D eigenvalue weighted by molar-refractivity contribution is 0.759. The highest BCUT2D eigenvalue weighted by atomic mass is 15.1. The van der Waals surface area contributed by atoms with Gasteiger partial charge in [0.2, 0.25) is 0 Å². The monoisotopic (exact) mass is 279 g/mol. The molecule has 2 aromatic carbocycles. The van der Waals surface area contributed by atoms with Gasteiger partial charge in [0.05, 0.1) is 11.0 Å². The van der Waals surface area contributed by atoms with Gasteiger partial charge in [0.15, 0.2) is 0 Å². The number of nitrogens with two attached hydrogens (primary N) is 1. The molecular weight excluding hydrogens is 258 g/mol. The van der Waals surface area contributed by atoms with Crippen molar-refractivity contribution in [1.29, 1.82) is 0 Å². The molecule has 0 bridgehead atoms. The lowest BCUT2D eigenvalue weighted by atomic mass is 10.1. The Balaban J connectivity index is 2.25. The topological polar surface area (TPSA) is 43.8 Å². The van der Waals surface area contributed by atoms with E-state index >= 15 is 0 Å². The van der Waals surface area contributed by atoms with Crippen molar-refractivity contribution in [3.05, 3.63) is 53.9 Å². The van der Waals surface area contributed by atoms with Gasteiger partial charge in [-0.3, -0.25) is 4.57 Å². The fourth-order valence-electron chi connectivity index (χ4n) is 2.66. The zero-order valence-electron chi connectivity index (χ0n) is 12.8. The SMILES string of the molecule is CCc1ccc(-n2c(C(C)C)nc3cc(N)ccc32)cc1. The second-order valence-corrected chi connectivity index (χ2v) is 5.73. The van der Waals surface area contributed by atoms with Crippen LogP contribution in [0.4, 0.5) is 5.69 Å². The summed E-state index contributed by atoms with van der Waals surface area (Å²) in [6.07, 6.45) is 1.05. The van der Waals surface area contributed by atoms with Crippen LogP contribution in [0, 0.1) is 0 Å². The van der Waals surface area contributed by atoms with Crippen molar-refractivity contribution in [3.8, 4) is 5.69 Å². The number of aromatic nitrogens is 2. The van der Waals surface area contributed by atoms with Gasteiger partial charge in [-0.2, -0.15) is 0 Å². The number of hydrogen-bond donors (Lipinski definition) is 1. The van der Waals surface area contributed by atoms with Gasteiger partial charge < -0.3 is 5.73 Å². The van der Waals surface area contributed by atoms with E-state index in [1.165, 1.54) is 5.56 Å². The largest absolute Gasteiger partial charge is 0.399 e. The third-order valence-electron chi connectivity index (χ3n) is 3.82. The first kappa shape index (κ1) is 13.7. The van der Waals surface area contributed by atoms with Gasteiger partial charge in [-0.15, -0.1) is 0 Å². The van der Waals surface area contributed by atoms with Gasteiger partial charge in [-0.25, -0.2) is 4.98 Å². The van der Waals surface area contributed by atoms with Crippen LogP contribution in [-0.2, 0) is 6.42 Å². The highest BCUT2D eigenvalue weighted by Gasteiger charge is 2.15. The maximum Gasteiger partial charge on any atom is 0.117 e. The molecule has 2 N–H and O–H groups in total. The predicted octanol–water partition coefficient (Wildman–Crippen LogP) is 4.29. The van der Waals surface area contributed by atoms with Crippen LogP contribution in [0.5, 0.6) is 0 Å². The molecule has 0 saturated heterocycles. The minimum Gasteiger partial charge on any atom is -0.399 e. The first-order chi connectivity index (χ1) is 10.1. The Morgan fingerprint density at radius 1 is 1.10 bits per heavy atom. The second-order valence-electron chi connectivity index (χ2n) is 5.73. The average molecular weight is 279 g/mol. The molecule has 0 aliphatic rings. The molecule has 3 aromatic rings. The Morgan fingerprint density at radius 2 is 1.81 bits per heavy atom. The van der Waals surface area contributed by atoms with Crippen LogP contribution >= 0.6 is 0 Å². The number of benzene rings is 2. The van der Waals surface area contributed by atoms with Crippen molar-refractivity contribution >= 4 is 16.7 Å². The molecule has 0 unspecified atom stereocenters. The third kappa shape index (κ3) is 2.40. The summed E-state index contributed by atoms with van der Waals surface area (Å²) in [5, 5.41) is 0. The average Bonchev–Trinajstić information content (AvgIpc) is 2.86. The van der Waals surface area contributed by atoms with E-state index in [0.29, 0.717) is 5.92 Å². The Labute approximate surface area is 125 Å². The Morgan fingerprint density at radius 3 is 2.43 bits per heavy atom. The summed E-state index contributed by atoms with van der Waals surface area (Å²) in [6, 6.07) is 14.6. The molecule has 0 aliphatic carbocycles. The molecule has 21 heavy (non-hydrogen) atoms. The van der Waals surface area contributed by atoms with Crippen molar-refractivity contribution < 1.29 is 0 Å². The van der Waals surface area contributed by atoms with E-state index in [2.05, 4.69) is 55.7 Å². The minimum atomic E-state index is 0.351. The van der Waals surface area contributed by atoms with Crippen molar-refractivity contribution in [2.24, 2.45) is 0 Å². The number of rotatable bonds is 3. The van der Waals surface area contributed by atoms with Gasteiger partial charge >= 0.3 is 0 Å². The molecule has 3 rings (SSSR count). The van der Waals surface area contributed by atoms with E-state index in [1.54, 1.807) is 0 Å². The number of fused-ring (bicyclic) bond motifs is 1. The number of hydrogen-bond acceptors (Lipinski definition) is 2. The van der Waals surface area contributed by atoms with E-state index in [9.17, 15) is 0 Å². The molecule has 108 valence electrons. The summed E-state index contributed by atoms with van der Waals surface area (Å²) in [6.45, 7) is 6.51. The fourth-order valence-corrected chi connectivity index (χ4v) is 2.66. The normalized spacial score (nSPS) is 11.4. The van der Waals surface area contributed by atoms with Crippen molar-refractivity contribution in [2.45, 2.75) is 33.1 Å². The third-order valence-corrected chi connectivity index (χ3v) is 3.82. The minimum absolute atomic E-state index is 0.351. The lowest BCUT2D eigenvalue weighted by Crippen LogP contribution is -2.03. The molecule has 1 aromatic heterocycles. The molecule has 0 amide bonds. The maximum absolute atomic E-state index is 5.89. The van der Waals surface area contributed by atoms with Gasteiger partial charge in [0.25, 0.3) is 0 Å². The molecule has 0 saturated carbocycles. The number of anilines is 1. The molecule has 0 radical (unpaired) electrons. The fraction of sp³-hybridized carbons (Fsp3) is 0.278. The standard InChI is InChI=1S/C18H21N3/c1-4-13-5-8-15(9-6-13)21-17-10-7-14(19)11-16(17)20-18(21)12(2)3/h5-12H,4,19H2,1-3H3. The zero-order valence-corrected chi connectivity index (χ0v) is 12.8. The van der Waals surface area contributed by atoms with Crippen LogP contribution in [0.2, 0.25) is 0 Å². The summed E-state index contributed by atoms with van der Waals surface area (Å²) in [5.41, 5.74) is 11.2. The zero-order chi connectivity index (χ0) is 15.0. The molecule has 3 nitrogen and oxygen atoms in total. The highest BCUT2D eigenvalue weighted by Crippen LogP contribution is 2.27. The summed E-state index contributed by atoms with van der Waals surface area (Å²) < 4.78 is 2.24. The summed E-state index contributed by atoms with van der Waals surface area (Å²) in [5.74, 6) is 1.42. The Bertz CT molecular complexity index is 767. The van der Waals surface area contributed by atoms with Crippen LogP contribution in [0.3, 0.4) is 0 Å². The number of nitrogen functional groups attached to an aromatic ring is 1. The number of nitrogens with zero attached hydrogens (tertiary/aromatic N) is 2. The van der Waals surface area contributed by atoms with Gasteiger partial charge in [0.1, 0.15) is 5.82 Å². The van der Waals surface area contributed by atoms with E-state index in [1.807, 2.05) is 12.1 Å². The number of imidazole rings is 1. The smallest absolute Gasteiger partial charge is 0.117 e. The van der Waals surface area contributed by atoms with Crippen LogP contribution in [-0.4, -0.2) is 9.55 Å². The Kier molecular flexibility index (Phi) is 3.42. The van der Waals surface area contributed by atoms with Crippen molar-refractivity contribution in [3.63, 3.8) is 0 Å². The predicted molar refractivity (Wildman–Crippen MR) is 88.9 cm³/mol. The van der Waals surface area contributed by atoms with Crippen molar-refractivity contribution in [1.82, 2.24) is 9.55 Å². The van der Waals surface area contributed by atoms with E-state index < -0.39 is 0 Å². The maximum atomic E-state index is 5.89. The molecule has 0 fully saturated rings. The highest BCUT2D eigenvalue weighted by molar-refractivity contribution is 5.81. The van der Waals surface area contributed by atoms with Gasteiger partial charge in [-0.1, -0.05) is 32.9 Å². The first-order valence-electron chi connectivity index (χ1n) is 7.47. The van der Waals surface area contributed by atoms with Crippen LogP contribution < -0.4 is 5.73 Å². The van der Waals surface area contributed by atoms with E-state index in [4.69, 9.17) is 10.7 Å². The molecule has 0 aliphatic heterocycles. The quantitative estimate of drug-likeness (QED) is 0.727. The molecule has 0 atom stereocenters. The lowest BCUT2D eigenvalue weighted by Gasteiger charge is -2.12. The van der Waals surface area contributed by atoms with Crippen LogP contribution in [0.15, 0.2) is 42.5 Å². The molecule has 0 spiro atoms. The van der Waals surface area contributed by atoms with Crippen LogP contribution in [0.1, 0.15) is 38.1 Å². The first-order valence-corrected chi connectivity index (χ1v) is 7.47. The summed E-state index contributed by atoms with van der Waals surface area (Å²) >= 11 is 0. The van der Waals surface area contributed by atoms with E-state index in [-0.39, 0.29) is 0 Å². The van der Waals surface area contributed by atoms with E-state index in [0.717, 1.165) is 34.7 Å². The number of aryl methyl sites for hydroxylation is 1. The molecule has 1 heterocycles. The van der Waals surface area contributed by atoms with Crippen LogP contribution in [0.25, 0.3) is 16.7 Å². The second kappa shape index (κ2) is 5.24. The molecular formula is C18H21N3. The summed E-state index contributed by atoms with van der Waals surface area (Å²) in [7, 11) is 0. The van der Waals surface area contributed by atoms with Crippen molar-refractivity contribution in [2.75, 3.05) is 5.73 Å².